The van der Waals surface area contributed by atoms with Crippen LogP contribution >= 0.6 is 11.6 Å². The van der Waals surface area contributed by atoms with Crippen LogP contribution in [0.1, 0.15) is 53.7 Å². The fraction of sp³-hybridized carbons (Fsp3) is 0.600. The molecule has 2 aromatic rings. The number of amides is 1. The third-order valence-electron chi connectivity index (χ3n) is 7.83. The molecule has 0 spiro atoms. The van der Waals surface area contributed by atoms with Gasteiger partial charge in [0.05, 0.1) is 18.0 Å². The quantitative estimate of drug-likeness (QED) is 0.478. The van der Waals surface area contributed by atoms with E-state index in [0.717, 1.165) is 29.8 Å². The number of alkyl halides is 3. The topological polar surface area (TPSA) is 78.8 Å². The Bertz CT molecular complexity index is 1370. The van der Waals surface area contributed by atoms with Crippen molar-refractivity contribution in [3.05, 3.63) is 51.6 Å². The second kappa shape index (κ2) is 10.3. The number of hydrogen-bond donors (Lipinski definition) is 0. The number of carbonyl (C=O) groups excluding carboxylic acids is 1. The molecule has 214 valence electrons. The van der Waals surface area contributed by atoms with E-state index in [1.54, 1.807) is 6.92 Å². The van der Waals surface area contributed by atoms with Crippen molar-refractivity contribution in [3.63, 3.8) is 0 Å². The lowest BCUT2D eigenvalue weighted by molar-refractivity contribution is -0.146. The van der Waals surface area contributed by atoms with Crippen LogP contribution in [0.15, 0.2) is 18.2 Å². The predicted molar refractivity (Wildman–Crippen MR) is 136 cm³/mol. The summed E-state index contributed by atoms with van der Waals surface area (Å²) < 4.78 is 82.0. The first-order valence-electron chi connectivity index (χ1n) is 12.8. The summed E-state index contributed by atoms with van der Waals surface area (Å²) in [5.74, 6) is -1.13. The van der Waals surface area contributed by atoms with Crippen LogP contribution in [0, 0.1) is 12.7 Å². The van der Waals surface area contributed by atoms with Gasteiger partial charge in [-0.15, -0.1) is 0 Å². The van der Waals surface area contributed by atoms with Crippen molar-refractivity contribution in [2.75, 3.05) is 39.0 Å². The number of aromatic nitrogens is 2. The standard InChI is InChI=1S/C25H30ClF4N5O3S/c1-15-11-17(27)12-18(23(15)26)24-20(32-7-9-33(10-8-32)39(2,37)38)5-6-34(24)22(36)14-35-21(25(28,29)30)13-19(31-35)16-3-4-16/h11-13,16,20,24H,3-10,14H2,1-2H3/t20-,24-/m0/s1. The Hall–Kier alpha value is -2.22. The number of rotatable bonds is 6. The van der Waals surface area contributed by atoms with Crippen molar-refractivity contribution in [1.29, 1.82) is 0 Å². The van der Waals surface area contributed by atoms with Crippen LogP contribution in [0.4, 0.5) is 17.6 Å². The average molecular weight is 592 g/mol. The van der Waals surface area contributed by atoms with Crippen LogP contribution in [0.3, 0.4) is 0 Å². The van der Waals surface area contributed by atoms with Crippen LogP contribution in [0.25, 0.3) is 0 Å². The number of piperazine rings is 1. The maximum absolute atomic E-state index is 14.6. The molecule has 8 nitrogen and oxygen atoms in total. The van der Waals surface area contributed by atoms with Gasteiger partial charge in [-0.1, -0.05) is 11.6 Å². The minimum Gasteiger partial charge on any atom is -0.332 e. The molecule has 0 N–H and O–H groups in total. The molecule has 1 amide bonds. The second-order valence-electron chi connectivity index (χ2n) is 10.6. The van der Waals surface area contributed by atoms with E-state index in [1.807, 2.05) is 0 Å². The normalized spacial score (nSPS) is 23.5. The highest BCUT2D eigenvalue weighted by Crippen LogP contribution is 2.43. The van der Waals surface area contributed by atoms with E-state index in [9.17, 15) is 30.8 Å². The van der Waals surface area contributed by atoms with Crippen LogP contribution in [-0.4, -0.2) is 83.2 Å². The van der Waals surface area contributed by atoms with E-state index < -0.39 is 46.2 Å². The SMILES string of the molecule is Cc1cc(F)cc([C@H]2[C@@H](N3CCN(S(C)(=O)=O)CC3)CCN2C(=O)Cn2nc(C3CC3)cc2C(F)(F)F)c1Cl. The molecule has 14 heteroatoms. The van der Waals surface area contributed by atoms with Crippen molar-refractivity contribution in [1.82, 2.24) is 23.9 Å². The van der Waals surface area contributed by atoms with E-state index in [-0.39, 0.29) is 36.6 Å². The molecule has 1 aromatic heterocycles. The lowest BCUT2D eigenvalue weighted by Gasteiger charge is -2.40. The van der Waals surface area contributed by atoms with E-state index in [4.69, 9.17) is 11.6 Å². The van der Waals surface area contributed by atoms with Crippen molar-refractivity contribution in [2.24, 2.45) is 0 Å². The summed E-state index contributed by atoms with van der Waals surface area (Å²) in [6.07, 6.45) is -1.52. The Morgan fingerprint density at radius 1 is 1.08 bits per heavy atom. The summed E-state index contributed by atoms with van der Waals surface area (Å²) in [6.45, 7) is 2.57. The molecule has 2 aliphatic heterocycles. The van der Waals surface area contributed by atoms with Gasteiger partial charge < -0.3 is 4.90 Å². The largest absolute Gasteiger partial charge is 0.433 e. The predicted octanol–water partition coefficient (Wildman–Crippen LogP) is 3.80. The Kier molecular flexibility index (Phi) is 7.49. The number of benzene rings is 1. The van der Waals surface area contributed by atoms with Crippen LogP contribution in [-0.2, 0) is 27.5 Å². The fourth-order valence-corrected chi connectivity index (χ4v) is 6.78. The second-order valence-corrected chi connectivity index (χ2v) is 13.0. The van der Waals surface area contributed by atoms with Gasteiger partial charge in [0.25, 0.3) is 0 Å². The van der Waals surface area contributed by atoms with Crippen molar-refractivity contribution >= 4 is 27.5 Å². The number of sulfonamides is 1. The summed E-state index contributed by atoms with van der Waals surface area (Å²) in [4.78, 5) is 17.1. The lowest BCUT2D eigenvalue weighted by atomic mass is 9.96. The van der Waals surface area contributed by atoms with Gasteiger partial charge in [-0.3, -0.25) is 14.4 Å². The van der Waals surface area contributed by atoms with E-state index in [2.05, 4.69) is 10.00 Å². The van der Waals surface area contributed by atoms with Gasteiger partial charge in [0, 0.05) is 49.7 Å². The zero-order valence-corrected chi connectivity index (χ0v) is 23.2. The molecule has 3 fully saturated rings. The van der Waals surface area contributed by atoms with Gasteiger partial charge in [0.15, 0.2) is 0 Å². The van der Waals surface area contributed by atoms with E-state index >= 15 is 0 Å². The molecular weight excluding hydrogens is 562 g/mol. The molecule has 3 heterocycles. The molecule has 2 saturated heterocycles. The Morgan fingerprint density at radius 3 is 2.33 bits per heavy atom. The molecule has 2 atom stereocenters. The van der Waals surface area contributed by atoms with Crippen LogP contribution in [0.2, 0.25) is 5.02 Å². The minimum atomic E-state index is -4.67. The summed E-state index contributed by atoms with van der Waals surface area (Å²) in [7, 11) is -3.36. The Balaban J connectivity index is 1.45. The molecule has 0 bridgehead atoms. The van der Waals surface area contributed by atoms with Gasteiger partial charge in [-0.25, -0.2) is 12.8 Å². The molecule has 3 aliphatic rings. The maximum atomic E-state index is 14.6. The molecular formula is C25H30ClF4N5O3S. The number of likely N-dealkylation sites (tertiary alicyclic amines) is 1. The Morgan fingerprint density at radius 2 is 1.74 bits per heavy atom. The van der Waals surface area contributed by atoms with E-state index in [0.29, 0.717) is 36.3 Å². The smallest absolute Gasteiger partial charge is 0.332 e. The third-order valence-corrected chi connectivity index (χ3v) is 9.65. The van der Waals surface area contributed by atoms with Gasteiger partial charge in [-0.05, 0) is 55.5 Å². The van der Waals surface area contributed by atoms with Crippen molar-refractivity contribution in [2.45, 2.75) is 56.9 Å². The first-order chi connectivity index (χ1) is 18.2. The van der Waals surface area contributed by atoms with Crippen molar-refractivity contribution in [3.8, 4) is 0 Å². The summed E-state index contributed by atoms with van der Waals surface area (Å²) >= 11 is 6.62. The van der Waals surface area contributed by atoms with Gasteiger partial charge in [0.2, 0.25) is 15.9 Å². The van der Waals surface area contributed by atoms with Crippen molar-refractivity contribution < 1.29 is 30.8 Å². The number of aryl methyl sites for hydroxylation is 1. The molecule has 1 aromatic carbocycles. The first kappa shape index (κ1) is 28.3. The molecule has 1 saturated carbocycles. The Labute approximate surface area is 229 Å². The first-order valence-corrected chi connectivity index (χ1v) is 15.1. The highest BCUT2D eigenvalue weighted by atomic mass is 35.5. The average Bonchev–Trinajstić information content (AvgIpc) is 3.45. The summed E-state index contributed by atoms with van der Waals surface area (Å²) in [5.41, 5.74) is 0.220. The summed E-state index contributed by atoms with van der Waals surface area (Å²) in [5, 5.41) is 4.41. The molecule has 5 rings (SSSR count). The number of nitrogens with zero attached hydrogens (tertiary/aromatic N) is 5. The molecule has 39 heavy (non-hydrogen) atoms. The maximum Gasteiger partial charge on any atom is 0.433 e. The monoisotopic (exact) mass is 591 g/mol. The molecule has 1 aliphatic carbocycles. The number of hydrogen-bond acceptors (Lipinski definition) is 5. The van der Waals surface area contributed by atoms with Crippen LogP contribution < -0.4 is 0 Å². The zero-order valence-electron chi connectivity index (χ0n) is 21.6. The number of halogens is 5. The highest BCUT2D eigenvalue weighted by Gasteiger charge is 2.45. The highest BCUT2D eigenvalue weighted by molar-refractivity contribution is 7.88. The fourth-order valence-electron chi connectivity index (χ4n) is 5.73. The van der Waals surface area contributed by atoms with Gasteiger partial charge in [-0.2, -0.15) is 22.6 Å². The summed E-state index contributed by atoms with van der Waals surface area (Å²) in [6, 6.07) is 2.52. The lowest BCUT2D eigenvalue weighted by Crippen LogP contribution is -2.53. The van der Waals surface area contributed by atoms with E-state index in [1.165, 1.54) is 21.3 Å². The molecule has 0 radical (unpaired) electrons. The zero-order chi connectivity index (χ0) is 28.3. The van der Waals surface area contributed by atoms with Gasteiger partial charge >= 0.3 is 6.18 Å². The molecule has 0 unspecified atom stereocenters. The van der Waals surface area contributed by atoms with Crippen LogP contribution in [0.5, 0.6) is 0 Å². The minimum absolute atomic E-state index is 0.0222. The van der Waals surface area contributed by atoms with Gasteiger partial charge in [0.1, 0.15) is 18.1 Å². The number of carbonyl (C=O) groups is 1. The third kappa shape index (κ3) is 5.82.